The molecular formula is C30H36N6O4. The molecule has 10 heteroatoms. The first-order chi connectivity index (χ1) is 19.3. The number of hydrogen-bond donors (Lipinski definition) is 1. The van der Waals surface area contributed by atoms with Crippen LogP contribution in [-0.4, -0.2) is 78.0 Å². The van der Waals surface area contributed by atoms with Crippen molar-refractivity contribution in [2.45, 2.75) is 57.2 Å². The highest BCUT2D eigenvalue weighted by Gasteiger charge is 2.49. The Kier molecular flexibility index (Phi) is 8.26. The topological polar surface area (TPSA) is 122 Å². The molecule has 5 rings (SSSR count). The molecule has 0 aromatic carbocycles. The minimum Gasteiger partial charge on any atom is -0.475 e. The van der Waals surface area contributed by atoms with Crippen molar-refractivity contribution in [3.63, 3.8) is 0 Å². The van der Waals surface area contributed by atoms with Gasteiger partial charge >= 0.3 is 0 Å². The van der Waals surface area contributed by atoms with Crippen LogP contribution in [0.4, 0.5) is 0 Å². The van der Waals surface area contributed by atoms with Crippen LogP contribution in [-0.2, 0) is 19.6 Å². The lowest BCUT2D eigenvalue weighted by atomic mass is 9.88. The van der Waals surface area contributed by atoms with Gasteiger partial charge in [0.1, 0.15) is 6.10 Å². The Bertz CT molecular complexity index is 1320. The standard InChI is InChI=1S/C30H36N6O4/c1-21-25(23-5-4-9-32-19-23)18-30(36-11-15-39-16-12-36,28(34-21)40-24-7-13-38-14-8-24)35-27(37)22-6-10-33-26(17-22)29(2,3)20-31/h4-6,9-10,17,19,24H,7-8,11-16,18H2,1-3H3,(H,35,37). The summed E-state index contributed by atoms with van der Waals surface area (Å²) in [5, 5.41) is 13.0. The van der Waals surface area contributed by atoms with Crippen LogP contribution >= 0.6 is 0 Å². The second kappa shape index (κ2) is 11.8. The molecule has 10 nitrogen and oxygen atoms in total. The summed E-state index contributed by atoms with van der Waals surface area (Å²) in [6.07, 6.45) is 7.02. The number of amides is 1. The molecule has 40 heavy (non-hydrogen) atoms. The molecule has 0 radical (unpaired) electrons. The molecule has 2 aromatic heterocycles. The highest BCUT2D eigenvalue weighted by atomic mass is 16.5. The Balaban J connectivity index is 1.58. The van der Waals surface area contributed by atoms with E-state index in [1.54, 1.807) is 38.4 Å². The lowest BCUT2D eigenvalue weighted by Gasteiger charge is -2.48. The minimum absolute atomic E-state index is 0.0680. The Morgan fingerprint density at radius 3 is 2.62 bits per heavy atom. The van der Waals surface area contributed by atoms with Gasteiger partial charge < -0.3 is 19.5 Å². The van der Waals surface area contributed by atoms with E-state index in [4.69, 9.17) is 19.2 Å². The zero-order valence-electron chi connectivity index (χ0n) is 23.4. The first kappa shape index (κ1) is 27.9. The molecule has 0 aliphatic carbocycles. The van der Waals surface area contributed by atoms with Gasteiger partial charge in [-0.1, -0.05) is 6.07 Å². The van der Waals surface area contributed by atoms with Gasteiger partial charge in [0.15, 0.2) is 5.66 Å². The number of morpholine rings is 1. The Hall–Kier alpha value is -3.65. The molecule has 0 spiro atoms. The van der Waals surface area contributed by atoms with Crippen LogP contribution in [0.3, 0.4) is 0 Å². The van der Waals surface area contributed by atoms with Crippen molar-refractivity contribution in [1.82, 2.24) is 20.2 Å². The van der Waals surface area contributed by atoms with Crippen molar-refractivity contribution in [3.8, 4) is 6.07 Å². The molecule has 0 bridgehead atoms. The van der Waals surface area contributed by atoms with Gasteiger partial charge in [0.2, 0.25) is 5.90 Å². The molecule has 1 amide bonds. The van der Waals surface area contributed by atoms with E-state index in [0.29, 0.717) is 63.1 Å². The van der Waals surface area contributed by atoms with Crippen LogP contribution in [0.2, 0.25) is 0 Å². The van der Waals surface area contributed by atoms with Gasteiger partial charge in [0.05, 0.1) is 43.6 Å². The third-order valence-electron chi connectivity index (χ3n) is 7.76. The fourth-order valence-corrected chi connectivity index (χ4v) is 5.30. The van der Waals surface area contributed by atoms with Gasteiger partial charge in [-0.2, -0.15) is 5.26 Å². The molecule has 2 fully saturated rings. The van der Waals surface area contributed by atoms with Crippen molar-refractivity contribution in [1.29, 1.82) is 5.26 Å². The summed E-state index contributed by atoms with van der Waals surface area (Å²) >= 11 is 0. The molecule has 2 saturated heterocycles. The van der Waals surface area contributed by atoms with E-state index in [1.165, 1.54) is 0 Å². The van der Waals surface area contributed by atoms with E-state index in [0.717, 1.165) is 29.7 Å². The predicted molar refractivity (Wildman–Crippen MR) is 149 cm³/mol. The van der Waals surface area contributed by atoms with Gasteiger partial charge in [-0.3, -0.25) is 19.7 Å². The maximum Gasteiger partial charge on any atom is 0.253 e. The molecule has 1 N–H and O–H groups in total. The maximum absolute atomic E-state index is 14.1. The highest BCUT2D eigenvalue weighted by Crippen LogP contribution is 2.38. The van der Waals surface area contributed by atoms with Crippen LogP contribution < -0.4 is 5.32 Å². The molecule has 2 aromatic rings. The summed E-state index contributed by atoms with van der Waals surface area (Å²) in [7, 11) is 0. The van der Waals surface area contributed by atoms with Crippen LogP contribution in [0.5, 0.6) is 0 Å². The Morgan fingerprint density at radius 1 is 1.18 bits per heavy atom. The first-order valence-corrected chi connectivity index (χ1v) is 13.8. The molecule has 3 aliphatic rings. The van der Waals surface area contributed by atoms with E-state index in [9.17, 15) is 10.1 Å². The summed E-state index contributed by atoms with van der Waals surface area (Å²) in [6.45, 7) is 9.04. The number of nitriles is 1. The summed E-state index contributed by atoms with van der Waals surface area (Å²) in [4.78, 5) is 30.0. The second-order valence-corrected chi connectivity index (χ2v) is 10.9. The fraction of sp³-hybridized carbons (Fsp3) is 0.500. The number of nitrogens with one attached hydrogen (secondary N) is 1. The van der Waals surface area contributed by atoms with Crippen LogP contribution in [0.15, 0.2) is 53.5 Å². The molecule has 5 heterocycles. The van der Waals surface area contributed by atoms with Gasteiger partial charge in [0, 0.05) is 62.2 Å². The number of ether oxygens (including phenoxy) is 3. The summed E-state index contributed by atoms with van der Waals surface area (Å²) < 4.78 is 17.9. The fourth-order valence-electron chi connectivity index (χ4n) is 5.30. The number of nitrogens with zero attached hydrogens (tertiary/aromatic N) is 5. The first-order valence-electron chi connectivity index (χ1n) is 13.8. The van der Waals surface area contributed by atoms with Crippen molar-refractivity contribution >= 4 is 17.4 Å². The number of pyridine rings is 2. The summed E-state index contributed by atoms with van der Waals surface area (Å²) in [5.74, 6) is 0.184. The highest BCUT2D eigenvalue weighted by molar-refractivity contribution is 6.01. The third kappa shape index (κ3) is 5.77. The Labute approximate surface area is 235 Å². The second-order valence-electron chi connectivity index (χ2n) is 10.9. The number of hydrogen-bond acceptors (Lipinski definition) is 9. The average molecular weight is 545 g/mol. The lowest BCUT2D eigenvalue weighted by Crippen LogP contribution is -2.69. The molecule has 0 saturated carbocycles. The van der Waals surface area contributed by atoms with E-state index in [1.807, 2.05) is 25.3 Å². The smallest absolute Gasteiger partial charge is 0.253 e. The SMILES string of the molecule is CC1=C(c2cccnc2)CC(NC(=O)c2ccnc(C(C)(C)C#N)c2)(N2CCOCC2)C(OC2CCOCC2)=N1. The molecule has 210 valence electrons. The van der Waals surface area contributed by atoms with E-state index >= 15 is 0 Å². The quantitative estimate of drug-likeness (QED) is 0.587. The number of carbonyl (C=O) groups is 1. The van der Waals surface area contributed by atoms with Gasteiger partial charge in [-0.25, -0.2) is 4.99 Å². The van der Waals surface area contributed by atoms with Crippen molar-refractivity contribution < 1.29 is 19.0 Å². The summed E-state index contributed by atoms with van der Waals surface area (Å²) in [5.41, 5.74) is 1.82. The van der Waals surface area contributed by atoms with Crippen LogP contribution in [0.25, 0.3) is 5.57 Å². The van der Waals surface area contributed by atoms with E-state index < -0.39 is 11.1 Å². The van der Waals surface area contributed by atoms with Gasteiger partial charge in [0.25, 0.3) is 5.91 Å². The third-order valence-corrected chi connectivity index (χ3v) is 7.76. The number of rotatable bonds is 6. The summed E-state index contributed by atoms with van der Waals surface area (Å²) in [6, 6.07) is 9.54. The zero-order chi connectivity index (χ0) is 28.2. The predicted octanol–water partition coefficient (Wildman–Crippen LogP) is 3.47. The van der Waals surface area contributed by atoms with Gasteiger partial charge in [-0.15, -0.1) is 0 Å². The number of aliphatic imine (C=N–C) groups is 1. The van der Waals surface area contributed by atoms with Crippen molar-refractivity contribution in [2.24, 2.45) is 4.99 Å². The Morgan fingerprint density at radius 2 is 1.93 bits per heavy atom. The maximum atomic E-state index is 14.1. The minimum atomic E-state index is -1.06. The molecular weight excluding hydrogens is 508 g/mol. The zero-order valence-corrected chi connectivity index (χ0v) is 23.4. The molecule has 1 atom stereocenters. The van der Waals surface area contributed by atoms with E-state index in [-0.39, 0.29) is 12.0 Å². The van der Waals surface area contributed by atoms with Crippen LogP contribution in [0, 0.1) is 11.3 Å². The average Bonchev–Trinajstić information content (AvgIpc) is 3.00. The molecule has 1 unspecified atom stereocenters. The number of aromatic nitrogens is 2. The normalized spacial score (nSPS) is 22.8. The van der Waals surface area contributed by atoms with Crippen LogP contribution in [0.1, 0.15) is 61.6 Å². The largest absolute Gasteiger partial charge is 0.475 e. The van der Waals surface area contributed by atoms with E-state index in [2.05, 4.69) is 26.3 Å². The monoisotopic (exact) mass is 544 g/mol. The lowest BCUT2D eigenvalue weighted by molar-refractivity contribution is -0.0281. The van der Waals surface area contributed by atoms with Crippen molar-refractivity contribution in [3.05, 3.63) is 65.4 Å². The van der Waals surface area contributed by atoms with Crippen molar-refractivity contribution in [2.75, 3.05) is 39.5 Å². The number of allylic oxidation sites excluding steroid dienone is 1. The number of carbonyl (C=O) groups excluding carboxylic acids is 1. The van der Waals surface area contributed by atoms with Gasteiger partial charge in [-0.05, 0) is 50.1 Å². The molecule has 3 aliphatic heterocycles.